The molecular weight excluding hydrogens is 284 g/mol. The summed E-state index contributed by atoms with van der Waals surface area (Å²) in [5.41, 5.74) is 7.88. The maximum atomic E-state index is 6.16. The van der Waals surface area contributed by atoms with Crippen LogP contribution in [0.1, 0.15) is 31.1 Å². The molecule has 0 radical (unpaired) electrons. The molecule has 0 aliphatic heterocycles. The van der Waals surface area contributed by atoms with Gasteiger partial charge in [-0.3, -0.25) is 14.9 Å². The highest BCUT2D eigenvalue weighted by Gasteiger charge is 2.24. The lowest BCUT2D eigenvalue weighted by Gasteiger charge is -2.33. The lowest BCUT2D eigenvalue weighted by molar-refractivity contribution is 0.225. The Bertz CT molecular complexity index is 563. The molecule has 0 amide bonds. The summed E-state index contributed by atoms with van der Waals surface area (Å²) in [5, 5.41) is 0.721. The molecule has 1 atom stereocenters. The number of nitrogens with two attached hydrogens (primary N) is 1. The van der Waals surface area contributed by atoms with E-state index in [4.69, 9.17) is 17.3 Å². The standard InChI is InChI=1S/C16H21ClN4/c1-16(2,18)11-21(3)15(14-10-19-8-9-20-14)12-4-6-13(17)7-5-12/h4-10,15H,11,18H2,1-3H3. The highest BCUT2D eigenvalue weighted by Crippen LogP contribution is 2.27. The van der Waals surface area contributed by atoms with Crippen LogP contribution in [0.4, 0.5) is 0 Å². The zero-order chi connectivity index (χ0) is 15.5. The molecule has 0 fully saturated rings. The average Bonchev–Trinajstić information content (AvgIpc) is 2.40. The molecule has 112 valence electrons. The van der Waals surface area contributed by atoms with Gasteiger partial charge < -0.3 is 5.73 Å². The van der Waals surface area contributed by atoms with E-state index < -0.39 is 0 Å². The van der Waals surface area contributed by atoms with Gasteiger partial charge in [-0.1, -0.05) is 23.7 Å². The summed E-state index contributed by atoms with van der Waals surface area (Å²) in [4.78, 5) is 10.8. The number of aromatic nitrogens is 2. The van der Waals surface area contributed by atoms with Crippen molar-refractivity contribution in [3.63, 3.8) is 0 Å². The van der Waals surface area contributed by atoms with Crippen molar-refractivity contribution in [2.24, 2.45) is 5.73 Å². The molecule has 0 saturated heterocycles. The number of hydrogen-bond acceptors (Lipinski definition) is 4. The van der Waals surface area contributed by atoms with Crippen LogP contribution in [0, 0.1) is 0 Å². The minimum atomic E-state index is -0.290. The fraction of sp³-hybridized carbons (Fsp3) is 0.375. The number of likely N-dealkylation sites (N-methyl/N-ethyl adjacent to an activating group) is 1. The van der Waals surface area contributed by atoms with Gasteiger partial charge in [0.1, 0.15) is 0 Å². The van der Waals surface area contributed by atoms with Gasteiger partial charge in [-0.2, -0.15) is 0 Å². The third-order valence-corrected chi connectivity index (χ3v) is 3.40. The van der Waals surface area contributed by atoms with Crippen molar-refractivity contribution in [1.82, 2.24) is 14.9 Å². The van der Waals surface area contributed by atoms with E-state index in [1.807, 2.05) is 45.2 Å². The second kappa shape index (κ2) is 6.52. The molecule has 2 N–H and O–H groups in total. The van der Waals surface area contributed by atoms with Gasteiger partial charge >= 0.3 is 0 Å². The van der Waals surface area contributed by atoms with Crippen molar-refractivity contribution in [3.05, 3.63) is 59.1 Å². The van der Waals surface area contributed by atoms with Crippen molar-refractivity contribution in [2.75, 3.05) is 13.6 Å². The van der Waals surface area contributed by atoms with Crippen molar-refractivity contribution in [2.45, 2.75) is 25.4 Å². The van der Waals surface area contributed by atoms with E-state index in [0.717, 1.165) is 22.8 Å². The summed E-state index contributed by atoms with van der Waals surface area (Å²) in [6, 6.07) is 7.81. The topological polar surface area (TPSA) is 55.0 Å². The first kappa shape index (κ1) is 15.9. The normalized spacial score (nSPS) is 13.4. The number of hydrogen-bond donors (Lipinski definition) is 1. The molecule has 1 aromatic carbocycles. The summed E-state index contributed by atoms with van der Waals surface area (Å²) < 4.78 is 0. The molecule has 0 spiro atoms. The predicted molar refractivity (Wildman–Crippen MR) is 86.2 cm³/mol. The second-order valence-corrected chi connectivity index (χ2v) is 6.42. The second-order valence-electron chi connectivity index (χ2n) is 5.99. The van der Waals surface area contributed by atoms with Crippen LogP contribution in [0.3, 0.4) is 0 Å². The maximum absolute atomic E-state index is 6.16. The molecule has 0 aliphatic carbocycles. The zero-order valence-electron chi connectivity index (χ0n) is 12.6. The molecular formula is C16H21ClN4. The molecule has 4 nitrogen and oxygen atoms in total. The number of halogens is 1. The Morgan fingerprint density at radius 2 is 1.90 bits per heavy atom. The Morgan fingerprint density at radius 1 is 1.24 bits per heavy atom. The Morgan fingerprint density at radius 3 is 2.43 bits per heavy atom. The van der Waals surface area contributed by atoms with Crippen LogP contribution in [0.25, 0.3) is 0 Å². The van der Waals surface area contributed by atoms with Crippen molar-refractivity contribution in [3.8, 4) is 0 Å². The zero-order valence-corrected chi connectivity index (χ0v) is 13.4. The van der Waals surface area contributed by atoms with Gasteiger partial charge in [-0.15, -0.1) is 0 Å². The van der Waals surface area contributed by atoms with E-state index in [2.05, 4.69) is 14.9 Å². The van der Waals surface area contributed by atoms with Crippen LogP contribution in [0.15, 0.2) is 42.9 Å². The van der Waals surface area contributed by atoms with Gasteiger partial charge in [-0.25, -0.2) is 0 Å². The van der Waals surface area contributed by atoms with Crippen molar-refractivity contribution < 1.29 is 0 Å². The summed E-state index contributed by atoms with van der Waals surface area (Å²) in [6.07, 6.45) is 5.17. The highest BCUT2D eigenvalue weighted by atomic mass is 35.5. The quantitative estimate of drug-likeness (QED) is 0.923. The van der Waals surface area contributed by atoms with Crippen LogP contribution in [-0.2, 0) is 0 Å². The van der Waals surface area contributed by atoms with E-state index in [1.165, 1.54) is 0 Å². The van der Waals surface area contributed by atoms with Crippen LogP contribution in [-0.4, -0.2) is 34.0 Å². The van der Waals surface area contributed by atoms with Gasteiger partial charge in [-0.05, 0) is 38.6 Å². The maximum Gasteiger partial charge on any atom is 0.0803 e. The van der Waals surface area contributed by atoms with Gasteiger partial charge in [0.25, 0.3) is 0 Å². The summed E-state index contributed by atoms with van der Waals surface area (Å²) in [7, 11) is 2.04. The SMILES string of the molecule is CN(CC(C)(C)N)C(c1ccc(Cl)cc1)c1cnccn1. The Balaban J connectivity index is 2.37. The Kier molecular flexibility index (Phi) is 4.93. The third kappa shape index (κ3) is 4.49. The van der Waals surface area contributed by atoms with Crippen LogP contribution in [0.5, 0.6) is 0 Å². The monoisotopic (exact) mass is 304 g/mol. The third-order valence-electron chi connectivity index (χ3n) is 3.15. The number of nitrogens with zero attached hydrogens (tertiary/aromatic N) is 3. The molecule has 21 heavy (non-hydrogen) atoms. The lowest BCUT2D eigenvalue weighted by atomic mass is 9.99. The van der Waals surface area contributed by atoms with Gasteiger partial charge in [0.2, 0.25) is 0 Å². The van der Waals surface area contributed by atoms with Crippen molar-refractivity contribution >= 4 is 11.6 Å². The largest absolute Gasteiger partial charge is 0.324 e. The number of benzene rings is 1. The minimum absolute atomic E-state index is 0.00112. The van der Waals surface area contributed by atoms with Crippen molar-refractivity contribution in [1.29, 1.82) is 0 Å². The van der Waals surface area contributed by atoms with E-state index >= 15 is 0 Å². The smallest absolute Gasteiger partial charge is 0.0803 e. The van der Waals surface area contributed by atoms with Crippen LogP contribution in [0.2, 0.25) is 5.02 Å². The van der Waals surface area contributed by atoms with Gasteiger partial charge in [0.05, 0.1) is 17.9 Å². The Labute approximate surface area is 131 Å². The molecule has 1 aromatic heterocycles. The molecule has 0 saturated carbocycles. The first-order chi connectivity index (χ1) is 9.87. The van der Waals surface area contributed by atoms with E-state index in [1.54, 1.807) is 18.6 Å². The summed E-state index contributed by atoms with van der Waals surface area (Å²) in [6.45, 7) is 4.76. The molecule has 5 heteroatoms. The molecule has 0 aliphatic rings. The summed E-state index contributed by atoms with van der Waals surface area (Å²) >= 11 is 5.99. The van der Waals surface area contributed by atoms with Gasteiger partial charge in [0.15, 0.2) is 0 Å². The predicted octanol–water partition coefficient (Wildman–Crippen LogP) is 2.89. The first-order valence-corrected chi connectivity index (χ1v) is 7.25. The van der Waals surface area contributed by atoms with E-state index in [0.29, 0.717) is 0 Å². The summed E-state index contributed by atoms with van der Waals surface area (Å²) in [5.74, 6) is 0. The average molecular weight is 305 g/mol. The lowest BCUT2D eigenvalue weighted by Crippen LogP contribution is -2.45. The molecule has 2 aromatic rings. The fourth-order valence-corrected chi connectivity index (χ4v) is 2.61. The molecule has 2 rings (SSSR count). The molecule has 0 bridgehead atoms. The number of rotatable bonds is 5. The fourth-order valence-electron chi connectivity index (χ4n) is 2.48. The minimum Gasteiger partial charge on any atom is -0.324 e. The highest BCUT2D eigenvalue weighted by molar-refractivity contribution is 6.30. The van der Waals surface area contributed by atoms with E-state index in [9.17, 15) is 0 Å². The Hall–Kier alpha value is -1.49. The van der Waals surface area contributed by atoms with Gasteiger partial charge in [0, 0.05) is 29.5 Å². The van der Waals surface area contributed by atoms with Crippen LogP contribution >= 0.6 is 11.6 Å². The van der Waals surface area contributed by atoms with Crippen LogP contribution < -0.4 is 5.73 Å². The van der Waals surface area contributed by atoms with E-state index in [-0.39, 0.29) is 11.6 Å². The first-order valence-electron chi connectivity index (χ1n) is 6.87. The molecule has 1 unspecified atom stereocenters. The molecule has 1 heterocycles.